The maximum Gasteiger partial charge on any atom is 0.331 e. The van der Waals surface area contributed by atoms with Gasteiger partial charge < -0.3 is 20.6 Å². The van der Waals surface area contributed by atoms with Gasteiger partial charge in [-0.05, 0) is 64.8 Å². The third kappa shape index (κ3) is 15.1. The minimum atomic E-state index is -1.62. The van der Waals surface area contributed by atoms with Gasteiger partial charge in [0.1, 0.15) is 12.2 Å². The molecule has 10 heteroatoms. The van der Waals surface area contributed by atoms with E-state index in [4.69, 9.17) is 20.3 Å². The molecule has 0 amide bonds. The number of carboxylic acids is 2. The zero-order valence-electron chi connectivity index (χ0n) is 17.9. The Hall–Kier alpha value is -1.82. The summed E-state index contributed by atoms with van der Waals surface area (Å²) >= 11 is 0. The number of hydrogen-bond acceptors (Lipinski definition) is 8. The van der Waals surface area contributed by atoms with Crippen LogP contribution in [0.5, 0.6) is 0 Å². The van der Waals surface area contributed by atoms with Gasteiger partial charge in [0.2, 0.25) is 0 Å². The molecule has 0 saturated heterocycles. The van der Waals surface area contributed by atoms with E-state index < -0.39 is 17.5 Å². The number of unbranched alkanes of at least 4 members (excludes halogenated alkanes) is 3. The molecule has 0 atom stereocenters. The van der Waals surface area contributed by atoms with E-state index in [0.29, 0.717) is 13.0 Å². The highest BCUT2D eigenvalue weighted by atomic mass is 17.1. The molecule has 10 nitrogen and oxygen atoms in total. The van der Waals surface area contributed by atoms with Crippen molar-refractivity contribution in [3.63, 3.8) is 0 Å². The summed E-state index contributed by atoms with van der Waals surface area (Å²) in [5.41, 5.74) is 1.08. The summed E-state index contributed by atoms with van der Waals surface area (Å²) in [6.45, 7) is 5.31. The predicted molar refractivity (Wildman–Crippen MR) is 111 cm³/mol. The maximum atomic E-state index is 11.0. The molecule has 6 N–H and O–H groups in total. The minimum Gasteiger partial charge on any atom is -0.478 e. The van der Waals surface area contributed by atoms with Crippen LogP contribution < -0.4 is 10.8 Å². The van der Waals surface area contributed by atoms with Gasteiger partial charge in [-0.15, -0.1) is 0 Å². The van der Waals surface area contributed by atoms with Crippen molar-refractivity contribution in [3.8, 4) is 0 Å². The van der Waals surface area contributed by atoms with Crippen LogP contribution in [-0.2, 0) is 19.3 Å². The Labute approximate surface area is 177 Å². The molecule has 0 aromatic heterocycles. The SMILES string of the molecule is CC(=CC(O)(C=C(C)C(=O)O)CCCNCCCCCCNOCCOO)C(=O)O. The lowest BCUT2D eigenvalue weighted by atomic mass is 9.92. The van der Waals surface area contributed by atoms with Crippen molar-refractivity contribution >= 4 is 11.9 Å². The molecule has 0 heterocycles. The van der Waals surface area contributed by atoms with Crippen LogP contribution in [0.25, 0.3) is 0 Å². The van der Waals surface area contributed by atoms with E-state index in [2.05, 4.69) is 15.7 Å². The fraction of sp³-hybridized carbons (Fsp3) is 0.700. The van der Waals surface area contributed by atoms with Gasteiger partial charge in [-0.3, -0.25) is 10.1 Å². The number of hydrogen-bond donors (Lipinski definition) is 6. The number of aliphatic hydroxyl groups is 1. The second-order valence-electron chi connectivity index (χ2n) is 7.10. The second-order valence-corrected chi connectivity index (χ2v) is 7.10. The van der Waals surface area contributed by atoms with Crippen molar-refractivity contribution < 1.29 is 39.9 Å². The highest BCUT2D eigenvalue weighted by Gasteiger charge is 2.24. The largest absolute Gasteiger partial charge is 0.478 e. The summed E-state index contributed by atoms with van der Waals surface area (Å²) in [4.78, 5) is 31.0. The van der Waals surface area contributed by atoms with Gasteiger partial charge in [-0.1, -0.05) is 12.8 Å². The van der Waals surface area contributed by atoms with Gasteiger partial charge in [0.15, 0.2) is 0 Å². The molecule has 0 aliphatic carbocycles. The van der Waals surface area contributed by atoms with Crippen molar-refractivity contribution in [2.45, 2.75) is 58.0 Å². The van der Waals surface area contributed by atoms with Crippen LogP contribution in [0.3, 0.4) is 0 Å². The van der Waals surface area contributed by atoms with Gasteiger partial charge in [-0.2, -0.15) is 0 Å². The van der Waals surface area contributed by atoms with Crippen LogP contribution in [0.4, 0.5) is 0 Å². The average molecular weight is 433 g/mol. The van der Waals surface area contributed by atoms with Crippen molar-refractivity contribution in [2.24, 2.45) is 0 Å². The molecule has 0 unspecified atom stereocenters. The Morgan fingerprint density at radius 2 is 1.40 bits per heavy atom. The van der Waals surface area contributed by atoms with Crippen molar-refractivity contribution in [2.75, 3.05) is 32.8 Å². The quantitative estimate of drug-likeness (QED) is 0.0768. The van der Waals surface area contributed by atoms with E-state index in [1.807, 2.05) is 0 Å². The molecule has 0 fully saturated rings. The monoisotopic (exact) mass is 432 g/mol. The summed E-state index contributed by atoms with van der Waals surface area (Å²) in [5.74, 6) is -2.32. The first kappa shape index (κ1) is 28.2. The molecule has 0 aliphatic rings. The molecular formula is C20H36N2O8. The minimum absolute atomic E-state index is 0.0403. The molecule has 0 saturated carbocycles. The Kier molecular flexibility index (Phi) is 15.9. The number of carboxylic acid groups (broad SMARTS) is 2. The van der Waals surface area contributed by atoms with Crippen LogP contribution in [0.2, 0.25) is 0 Å². The predicted octanol–water partition coefficient (Wildman–Crippen LogP) is 1.72. The molecule has 0 rings (SSSR count). The third-order valence-electron chi connectivity index (χ3n) is 4.30. The van der Waals surface area contributed by atoms with Crippen molar-refractivity contribution in [1.82, 2.24) is 10.8 Å². The summed E-state index contributed by atoms with van der Waals surface area (Å²) in [5, 5.41) is 40.1. The van der Waals surface area contributed by atoms with Crippen LogP contribution >= 0.6 is 0 Å². The first-order valence-electron chi connectivity index (χ1n) is 10.1. The number of rotatable bonds is 19. The van der Waals surface area contributed by atoms with E-state index in [1.54, 1.807) is 0 Å². The van der Waals surface area contributed by atoms with Gasteiger partial charge in [0.05, 0.1) is 6.61 Å². The zero-order chi connectivity index (χ0) is 22.8. The lowest BCUT2D eigenvalue weighted by Gasteiger charge is -2.22. The molecule has 174 valence electrons. The van der Waals surface area contributed by atoms with Gasteiger partial charge >= 0.3 is 11.9 Å². The zero-order valence-corrected chi connectivity index (χ0v) is 17.9. The Morgan fingerprint density at radius 1 is 0.867 bits per heavy atom. The van der Waals surface area contributed by atoms with Gasteiger partial charge in [-0.25, -0.2) is 20.0 Å². The van der Waals surface area contributed by atoms with Crippen LogP contribution in [-0.4, -0.2) is 71.0 Å². The highest BCUT2D eigenvalue weighted by molar-refractivity contribution is 5.87. The summed E-state index contributed by atoms with van der Waals surface area (Å²) < 4.78 is 0. The first-order chi connectivity index (χ1) is 14.2. The third-order valence-corrected chi connectivity index (χ3v) is 4.30. The van der Waals surface area contributed by atoms with E-state index in [0.717, 1.165) is 38.8 Å². The lowest BCUT2D eigenvalue weighted by Crippen LogP contribution is -2.28. The topological polar surface area (TPSA) is 158 Å². The second kappa shape index (κ2) is 16.9. The molecule has 0 aliphatic heterocycles. The molecule has 0 radical (unpaired) electrons. The van der Waals surface area contributed by atoms with Crippen LogP contribution in [0.15, 0.2) is 23.3 Å². The van der Waals surface area contributed by atoms with E-state index >= 15 is 0 Å². The Bertz CT molecular complexity index is 533. The lowest BCUT2D eigenvalue weighted by molar-refractivity contribution is -0.251. The highest BCUT2D eigenvalue weighted by Crippen LogP contribution is 2.21. The Balaban J connectivity index is 4.07. The number of carbonyl (C=O) groups is 2. The molecule has 0 aromatic rings. The van der Waals surface area contributed by atoms with Gasteiger partial charge in [0, 0.05) is 17.7 Å². The maximum absolute atomic E-state index is 11.0. The van der Waals surface area contributed by atoms with Gasteiger partial charge in [0.25, 0.3) is 0 Å². The molecule has 0 spiro atoms. The normalized spacial score (nSPS) is 14.5. The molecular weight excluding hydrogens is 396 g/mol. The first-order valence-corrected chi connectivity index (χ1v) is 10.1. The number of hydroxylamine groups is 1. The summed E-state index contributed by atoms with van der Waals surface area (Å²) in [6.07, 6.45) is 7.22. The molecule has 0 aromatic carbocycles. The molecule has 0 bridgehead atoms. The summed E-state index contributed by atoms with van der Waals surface area (Å²) in [6, 6.07) is 0. The fourth-order valence-corrected chi connectivity index (χ4v) is 2.70. The fourth-order valence-electron chi connectivity index (χ4n) is 2.70. The van der Waals surface area contributed by atoms with E-state index in [9.17, 15) is 14.7 Å². The van der Waals surface area contributed by atoms with Crippen LogP contribution in [0, 0.1) is 0 Å². The smallest absolute Gasteiger partial charge is 0.331 e. The molecule has 30 heavy (non-hydrogen) atoms. The van der Waals surface area contributed by atoms with E-state index in [-0.39, 0.29) is 30.8 Å². The van der Waals surface area contributed by atoms with Crippen molar-refractivity contribution in [1.29, 1.82) is 0 Å². The average Bonchev–Trinajstić information content (AvgIpc) is 2.67. The number of nitrogens with one attached hydrogen (secondary N) is 2. The standard InChI is InChI=1S/C20H36N2O8/c1-16(18(23)24)14-20(27,15-17(2)19(25)26)8-7-10-21-9-5-3-4-6-11-22-29-12-13-30-28/h14-15,21-22,27-28H,3-13H2,1-2H3,(H,23,24)(H,25,26). The van der Waals surface area contributed by atoms with Crippen LogP contribution in [0.1, 0.15) is 52.4 Å². The summed E-state index contributed by atoms with van der Waals surface area (Å²) in [7, 11) is 0. The van der Waals surface area contributed by atoms with Crippen molar-refractivity contribution in [3.05, 3.63) is 23.3 Å². The van der Waals surface area contributed by atoms with E-state index in [1.165, 1.54) is 26.0 Å². The Morgan fingerprint density at radius 3 is 1.93 bits per heavy atom. The number of aliphatic carboxylic acids is 2.